The number of aromatic amines is 1. The number of para-hydroxylation sites is 1. The third-order valence-electron chi connectivity index (χ3n) is 6.94. The van der Waals surface area contributed by atoms with Crippen molar-refractivity contribution in [3.8, 4) is 5.75 Å². The third-order valence-corrected chi connectivity index (χ3v) is 6.94. The summed E-state index contributed by atoms with van der Waals surface area (Å²) in [6.07, 6.45) is 4.29. The first kappa shape index (κ1) is 25.5. The number of ether oxygens (including phenoxy) is 1. The van der Waals surface area contributed by atoms with Crippen LogP contribution in [0.5, 0.6) is 5.75 Å². The van der Waals surface area contributed by atoms with E-state index in [1.807, 2.05) is 55.6 Å². The Labute approximate surface area is 222 Å². The summed E-state index contributed by atoms with van der Waals surface area (Å²) in [5, 5.41) is 1.13. The molecule has 0 unspecified atom stereocenters. The number of nitrogens with one attached hydrogen (secondary N) is 1. The van der Waals surface area contributed by atoms with E-state index in [2.05, 4.69) is 11.1 Å². The highest BCUT2D eigenvalue weighted by atomic mass is 19.1. The molecule has 3 aromatic carbocycles. The maximum absolute atomic E-state index is 14.4. The van der Waals surface area contributed by atoms with Gasteiger partial charge in [-0.2, -0.15) is 0 Å². The lowest BCUT2D eigenvalue weighted by Gasteiger charge is -2.28. The predicted octanol–water partition coefficient (Wildman–Crippen LogP) is 5.58. The van der Waals surface area contributed by atoms with Gasteiger partial charge in [0.15, 0.2) is 0 Å². The van der Waals surface area contributed by atoms with Gasteiger partial charge in [-0.15, -0.1) is 0 Å². The van der Waals surface area contributed by atoms with Gasteiger partial charge in [-0.05, 0) is 67.6 Å². The van der Waals surface area contributed by atoms with Crippen molar-refractivity contribution in [2.24, 2.45) is 0 Å². The largest absolute Gasteiger partial charge is 0.494 e. The molecule has 0 atom stereocenters. The van der Waals surface area contributed by atoms with Crippen LogP contribution in [-0.4, -0.2) is 52.3 Å². The van der Waals surface area contributed by atoms with Gasteiger partial charge in [-0.3, -0.25) is 9.59 Å². The van der Waals surface area contributed by atoms with Crippen LogP contribution in [0.15, 0.2) is 79.0 Å². The van der Waals surface area contributed by atoms with Crippen LogP contribution in [0.2, 0.25) is 0 Å². The molecule has 0 aliphatic heterocycles. The molecular weight excluding hydrogens is 481 g/mol. The molecule has 1 saturated carbocycles. The molecule has 0 saturated heterocycles. The van der Waals surface area contributed by atoms with E-state index >= 15 is 0 Å². The van der Waals surface area contributed by atoms with Crippen LogP contribution in [0.4, 0.5) is 4.39 Å². The van der Waals surface area contributed by atoms with Gasteiger partial charge in [0, 0.05) is 36.2 Å². The summed E-state index contributed by atoms with van der Waals surface area (Å²) in [6.45, 7) is 3.33. The number of nitrogens with zero attached hydrogens (tertiary/aromatic N) is 2. The van der Waals surface area contributed by atoms with E-state index in [9.17, 15) is 14.0 Å². The number of hydrogen-bond acceptors (Lipinski definition) is 3. The number of rotatable bonds is 11. The lowest BCUT2D eigenvalue weighted by atomic mass is 10.1. The van der Waals surface area contributed by atoms with Crippen molar-refractivity contribution in [1.82, 2.24) is 14.8 Å². The van der Waals surface area contributed by atoms with E-state index in [4.69, 9.17) is 4.74 Å². The second-order valence-electron chi connectivity index (χ2n) is 9.65. The second-order valence-corrected chi connectivity index (χ2v) is 9.65. The standard InChI is InChI=1S/C31H32FN3O3/c1-2-38-25-15-11-22(12-16-25)20-34(18-17-23-19-33-29-10-6-4-7-26(23)29)30(36)21-35(24-13-14-24)31(37)27-8-3-5-9-28(27)32/h3-12,15-16,19,24,33H,2,13-14,17-18,20-21H2,1H3. The van der Waals surface area contributed by atoms with Gasteiger partial charge in [0.1, 0.15) is 18.1 Å². The summed E-state index contributed by atoms with van der Waals surface area (Å²) in [4.78, 5) is 33.6. The lowest BCUT2D eigenvalue weighted by Crippen LogP contribution is -2.44. The number of carbonyl (C=O) groups is 2. The molecule has 0 spiro atoms. The van der Waals surface area contributed by atoms with Gasteiger partial charge in [0.2, 0.25) is 5.91 Å². The Hall–Kier alpha value is -4.13. The molecule has 5 rings (SSSR count). The average Bonchev–Trinajstić information content (AvgIpc) is 3.70. The van der Waals surface area contributed by atoms with E-state index in [1.54, 1.807) is 17.0 Å². The Morgan fingerprint density at radius 3 is 2.47 bits per heavy atom. The molecule has 0 radical (unpaired) electrons. The maximum atomic E-state index is 14.4. The Bertz CT molecular complexity index is 1410. The molecule has 6 nitrogen and oxygen atoms in total. The number of fused-ring (bicyclic) bond motifs is 1. The summed E-state index contributed by atoms with van der Waals surface area (Å²) in [7, 11) is 0. The minimum absolute atomic E-state index is 0.00376. The number of amides is 2. The van der Waals surface area contributed by atoms with Gasteiger partial charge in [0.25, 0.3) is 5.91 Å². The van der Waals surface area contributed by atoms with Crippen LogP contribution in [-0.2, 0) is 17.8 Å². The lowest BCUT2D eigenvalue weighted by molar-refractivity contribution is -0.132. The van der Waals surface area contributed by atoms with Crippen LogP contribution < -0.4 is 4.74 Å². The Morgan fingerprint density at radius 2 is 1.74 bits per heavy atom. The van der Waals surface area contributed by atoms with Crippen LogP contribution in [0.3, 0.4) is 0 Å². The maximum Gasteiger partial charge on any atom is 0.257 e. The van der Waals surface area contributed by atoms with Crippen molar-refractivity contribution >= 4 is 22.7 Å². The van der Waals surface area contributed by atoms with Gasteiger partial charge in [-0.1, -0.05) is 42.5 Å². The molecule has 1 N–H and O–H groups in total. The van der Waals surface area contributed by atoms with Crippen molar-refractivity contribution < 1.29 is 18.7 Å². The van der Waals surface area contributed by atoms with Crippen LogP contribution in [0.1, 0.15) is 41.3 Å². The van der Waals surface area contributed by atoms with Crippen molar-refractivity contribution in [3.05, 3.63) is 102 Å². The first-order valence-corrected chi connectivity index (χ1v) is 13.1. The monoisotopic (exact) mass is 513 g/mol. The molecule has 1 aliphatic carbocycles. The highest BCUT2D eigenvalue weighted by Crippen LogP contribution is 2.29. The van der Waals surface area contributed by atoms with Gasteiger partial charge < -0.3 is 19.5 Å². The molecule has 1 aromatic heterocycles. The molecule has 2 amide bonds. The van der Waals surface area contributed by atoms with Crippen LogP contribution in [0, 0.1) is 5.82 Å². The molecule has 196 valence electrons. The fourth-order valence-corrected chi connectivity index (χ4v) is 4.75. The summed E-state index contributed by atoms with van der Waals surface area (Å²) in [5.74, 6) is -0.378. The van der Waals surface area contributed by atoms with E-state index < -0.39 is 11.7 Å². The Kier molecular flexibility index (Phi) is 7.73. The fourth-order valence-electron chi connectivity index (χ4n) is 4.75. The normalized spacial score (nSPS) is 12.9. The molecule has 4 aromatic rings. The highest BCUT2D eigenvalue weighted by molar-refractivity contribution is 5.97. The number of carbonyl (C=O) groups excluding carboxylic acids is 2. The van der Waals surface area contributed by atoms with Crippen molar-refractivity contribution in [2.45, 2.75) is 38.8 Å². The predicted molar refractivity (Wildman–Crippen MR) is 145 cm³/mol. The molecular formula is C31H32FN3O3. The zero-order valence-electron chi connectivity index (χ0n) is 21.5. The summed E-state index contributed by atoms with van der Waals surface area (Å²) < 4.78 is 20.0. The Balaban J connectivity index is 1.35. The zero-order valence-corrected chi connectivity index (χ0v) is 21.5. The van der Waals surface area contributed by atoms with Gasteiger partial charge in [0.05, 0.1) is 12.2 Å². The summed E-state index contributed by atoms with van der Waals surface area (Å²) in [5.41, 5.74) is 3.16. The fraction of sp³-hybridized carbons (Fsp3) is 0.290. The molecule has 0 bridgehead atoms. The van der Waals surface area contributed by atoms with E-state index in [-0.39, 0.29) is 24.1 Å². The van der Waals surface area contributed by atoms with Crippen LogP contribution in [0.25, 0.3) is 10.9 Å². The molecule has 1 aliphatic rings. The summed E-state index contributed by atoms with van der Waals surface area (Å²) >= 11 is 0. The first-order chi connectivity index (χ1) is 18.5. The molecule has 7 heteroatoms. The minimum Gasteiger partial charge on any atom is -0.494 e. The Morgan fingerprint density at radius 1 is 1.00 bits per heavy atom. The van der Waals surface area contributed by atoms with E-state index in [0.717, 1.165) is 40.6 Å². The van der Waals surface area contributed by atoms with Crippen molar-refractivity contribution in [1.29, 1.82) is 0 Å². The molecule has 38 heavy (non-hydrogen) atoms. The smallest absolute Gasteiger partial charge is 0.257 e. The number of benzene rings is 3. The van der Waals surface area contributed by atoms with Gasteiger partial charge in [-0.25, -0.2) is 4.39 Å². The topological polar surface area (TPSA) is 65.6 Å². The first-order valence-electron chi connectivity index (χ1n) is 13.1. The molecule has 1 heterocycles. The molecule has 1 fully saturated rings. The van der Waals surface area contributed by atoms with Crippen molar-refractivity contribution in [3.63, 3.8) is 0 Å². The van der Waals surface area contributed by atoms with E-state index in [1.165, 1.54) is 17.0 Å². The van der Waals surface area contributed by atoms with E-state index in [0.29, 0.717) is 26.1 Å². The quantitative estimate of drug-likeness (QED) is 0.285. The van der Waals surface area contributed by atoms with Crippen LogP contribution >= 0.6 is 0 Å². The third kappa shape index (κ3) is 5.88. The van der Waals surface area contributed by atoms with Crippen molar-refractivity contribution in [2.75, 3.05) is 19.7 Å². The summed E-state index contributed by atoms with van der Waals surface area (Å²) in [6, 6.07) is 21.7. The highest BCUT2D eigenvalue weighted by Gasteiger charge is 2.36. The number of H-pyrrole nitrogens is 1. The SMILES string of the molecule is CCOc1ccc(CN(CCc2c[nH]c3ccccc23)C(=O)CN(C(=O)c2ccccc2F)C2CC2)cc1. The van der Waals surface area contributed by atoms with Gasteiger partial charge >= 0.3 is 0 Å². The second kappa shape index (κ2) is 11.5. The number of hydrogen-bond donors (Lipinski definition) is 1. The zero-order chi connectivity index (χ0) is 26.5. The average molecular weight is 514 g/mol. The number of halogens is 1. The number of aromatic nitrogens is 1. The minimum atomic E-state index is -0.568.